The molecule has 11 aromatic rings. The topological polar surface area (TPSA) is 33.5 Å². The molecule has 0 saturated carbocycles. The molecular formula is C67H51N4OPtSi-3. The Morgan fingerprint density at radius 3 is 1.78 bits per heavy atom. The summed E-state index contributed by atoms with van der Waals surface area (Å²) in [6.07, 6.45) is 1.95. The maximum atomic E-state index is 7.19. The first kappa shape index (κ1) is 46.1. The van der Waals surface area contributed by atoms with Crippen molar-refractivity contribution in [2.45, 2.75) is 44.7 Å². The van der Waals surface area contributed by atoms with Gasteiger partial charge in [-0.25, -0.2) is 4.98 Å². The Kier molecular flexibility index (Phi) is 10.7. The van der Waals surface area contributed by atoms with Crippen LogP contribution >= 0.6 is 0 Å². The van der Waals surface area contributed by atoms with Crippen LogP contribution in [0.5, 0.6) is 11.5 Å². The van der Waals surface area contributed by atoms with Crippen molar-refractivity contribution in [3.05, 3.63) is 259 Å². The largest absolute Gasteiger partial charge is 0.509 e. The zero-order valence-corrected chi connectivity index (χ0v) is 45.1. The summed E-state index contributed by atoms with van der Waals surface area (Å²) in [6, 6.07) is 82.4. The molecule has 362 valence electrons. The molecular weight excluding hydrogens is 1100 g/mol. The molecule has 4 heterocycles. The van der Waals surface area contributed by atoms with E-state index in [0.717, 1.165) is 61.9 Å². The van der Waals surface area contributed by atoms with Crippen LogP contribution in [-0.2, 0) is 31.9 Å². The molecule has 2 aliphatic heterocycles. The van der Waals surface area contributed by atoms with Crippen molar-refractivity contribution < 1.29 is 25.8 Å². The van der Waals surface area contributed by atoms with Gasteiger partial charge >= 0.3 is 0 Å². The van der Waals surface area contributed by atoms with E-state index >= 15 is 0 Å². The fourth-order valence-corrected chi connectivity index (χ4v) is 15.7. The maximum Gasteiger partial charge on any atom is 0.135 e. The number of pyridine rings is 1. The molecule has 9 aromatic carbocycles. The van der Waals surface area contributed by atoms with Gasteiger partial charge in [0.2, 0.25) is 0 Å². The third-order valence-electron chi connectivity index (χ3n) is 15.7. The summed E-state index contributed by atoms with van der Waals surface area (Å²) < 4.78 is 9.51. The van der Waals surface area contributed by atoms with E-state index in [9.17, 15) is 0 Å². The van der Waals surface area contributed by atoms with Crippen LogP contribution < -0.4 is 24.9 Å². The van der Waals surface area contributed by atoms with Crippen molar-refractivity contribution in [3.8, 4) is 39.6 Å². The van der Waals surface area contributed by atoms with Crippen molar-refractivity contribution in [1.82, 2.24) is 9.55 Å². The van der Waals surface area contributed by atoms with Gasteiger partial charge in [0.15, 0.2) is 0 Å². The first-order chi connectivity index (χ1) is 35.6. The Morgan fingerprint density at radius 2 is 1.12 bits per heavy atom. The number of fused-ring (bicyclic) bond motifs is 7. The van der Waals surface area contributed by atoms with E-state index in [1.807, 2.05) is 12.3 Å². The summed E-state index contributed by atoms with van der Waals surface area (Å²) in [4.78, 5) is 9.66. The van der Waals surface area contributed by atoms with Crippen molar-refractivity contribution >= 4 is 63.0 Å². The minimum absolute atomic E-state index is 0. The van der Waals surface area contributed by atoms with E-state index < -0.39 is 13.5 Å². The second kappa shape index (κ2) is 17.2. The van der Waals surface area contributed by atoms with Gasteiger partial charge in [-0.2, -0.15) is 6.07 Å². The van der Waals surface area contributed by atoms with Crippen molar-refractivity contribution in [2.24, 2.45) is 0 Å². The van der Waals surface area contributed by atoms with Crippen molar-refractivity contribution in [3.63, 3.8) is 0 Å². The number of rotatable bonds is 7. The van der Waals surface area contributed by atoms with Gasteiger partial charge < -0.3 is 19.1 Å². The molecule has 0 atom stereocenters. The van der Waals surface area contributed by atoms with Crippen LogP contribution in [0.2, 0.25) is 13.1 Å². The van der Waals surface area contributed by atoms with Gasteiger partial charge in [-0.05, 0) is 84.9 Å². The normalized spacial score (nSPS) is 14.6. The SMILES string of the molecule is CC(C)(C)c1ccnc(-n2c3[c-]c(Oc4[c-]c(N5[CH-]N(c6c(-c7ccccc7)cccc6-c6ccccc6)c6ccccc65)ccc4)cc4c3c3c(cccc32)C42c3ccccc3[Si](C)(C)c3ccccc32)c1.[Pt]. The van der Waals surface area contributed by atoms with Crippen LogP contribution in [0.1, 0.15) is 48.6 Å². The Bertz CT molecular complexity index is 3920. The summed E-state index contributed by atoms with van der Waals surface area (Å²) in [5.74, 6) is 2.08. The molecule has 14 rings (SSSR count). The van der Waals surface area contributed by atoms with Gasteiger partial charge in [0.1, 0.15) is 13.9 Å². The van der Waals surface area contributed by atoms with Crippen LogP contribution in [0.3, 0.4) is 0 Å². The number of aromatic nitrogens is 2. The molecule has 1 spiro atoms. The molecule has 2 aromatic heterocycles. The second-order valence-corrected chi connectivity index (χ2v) is 25.5. The van der Waals surface area contributed by atoms with Crippen molar-refractivity contribution in [2.75, 3.05) is 9.80 Å². The van der Waals surface area contributed by atoms with E-state index in [2.05, 4.69) is 267 Å². The fourth-order valence-electron chi connectivity index (χ4n) is 12.5. The molecule has 3 aliphatic rings. The van der Waals surface area contributed by atoms with E-state index in [0.29, 0.717) is 11.5 Å². The van der Waals surface area contributed by atoms with Gasteiger partial charge in [0, 0.05) is 77.9 Å². The number of para-hydroxylation sites is 3. The van der Waals surface area contributed by atoms with E-state index in [-0.39, 0.29) is 26.5 Å². The Labute approximate surface area is 448 Å². The summed E-state index contributed by atoms with van der Waals surface area (Å²) >= 11 is 0. The molecule has 0 unspecified atom stereocenters. The number of hydrogen-bond donors (Lipinski definition) is 0. The summed E-state index contributed by atoms with van der Waals surface area (Å²) in [5.41, 5.74) is 16.5. The Morgan fingerprint density at radius 1 is 0.541 bits per heavy atom. The Balaban J connectivity index is 0.00000528. The molecule has 0 N–H and O–H groups in total. The fraction of sp³-hybridized carbons (Fsp3) is 0.104. The molecule has 0 amide bonds. The number of ether oxygens (including phenoxy) is 1. The van der Waals surface area contributed by atoms with Crippen LogP contribution in [0.4, 0.5) is 22.7 Å². The van der Waals surface area contributed by atoms with E-state index in [1.165, 1.54) is 49.0 Å². The smallest absolute Gasteiger partial charge is 0.135 e. The zero-order valence-electron chi connectivity index (χ0n) is 41.8. The molecule has 74 heavy (non-hydrogen) atoms. The van der Waals surface area contributed by atoms with Crippen LogP contribution in [-0.4, -0.2) is 17.6 Å². The molecule has 0 bridgehead atoms. The average Bonchev–Trinajstić information content (AvgIpc) is 4.13. The van der Waals surface area contributed by atoms with Crippen molar-refractivity contribution in [1.29, 1.82) is 0 Å². The van der Waals surface area contributed by atoms with Gasteiger partial charge in [0.05, 0.1) is 0 Å². The molecule has 0 fully saturated rings. The molecule has 0 saturated heterocycles. The minimum atomic E-state index is -2.12. The van der Waals surface area contributed by atoms with Crippen LogP contribution in [0, 0.1) is 18.8 Å². The monoisotopic (exact) mass is 1150 g/mol. The maximum absolute atomic E-state index is 7.19. The first-order valence-electron chi connectivity index (χ1n) is 25.3. The molecule has 1 aliphatic carbocycles. The summed E-state index contributed by atoms with van der Waals surface area (Å²) in [5, 5.41) is 5.37. The zero-order chi connectivity index (χ0) is 49.2. The third-order valence-corrected chi connectivity index (χ3v) is 19.3. The number of benzene rings is 9. The van der Waals surface area contributed by atoms with Gasteiger partial charge in [-0.3, -0.25) is 0 Å². The van der Waals surface area contributed by atoms with Gasteiger partial charge in [0.25, 0.3) is 0 Å². The Hall–Kier alpha value is -7.76. The molecule has 5 nitrogen and oxygen atoms in total. The number of anilines is 4. The molecule has 7 heteroatoms. The van der Waals surface area contributed by atoms with Gasteiger partial charge in [-0.15, -0.1) is 48.3 Å². The number of hydrogen-bond acceptors (Lipinski definition) is 4. The summed E-state index contributed by atoms with van der Waals surface area (Å²) in [6.45, 7) is 14.0. The predicted octanol–water partition coefficient (Wildman–Crippen LogP) is 15.4. The third kappa shape index (κ3) is 6.74. The second-order valence-electron chi connectivity index (χ2n) is 21.2. The standard InChI is InChI=1S/C67H51N4OSi.Pt/c1-66(2,3)46-37-38-68-62(39-46)71-58-34-20-31-54-63(58)64-55(67(54)52-29-12-16-35-60(52)73(4,5)61-36-17-13-30-53(61)67)41-49(42-59(64)71)72-48-26-18-25-47(40-48)69-43-70(57-33-15-14-32-56(57)69)65-50(44-21-8-6-9-22-44)27-19-28-51(65)45-23-10-7-11-24-45;/h6-39,41,43H,1-5H3;/q-3;. The quantitative estimate of drug-likeness (QED) is 0.118. The average molecular weight is 1150 g/mol. The van der Waals surface area contributed by atoms with Crippen LogP contribution in [0.25, 0.3) is 49.9 Å². The van der Waals surface area contributed by atoms with Gasteiger partial charge in [-0.1, -0.05) is 196 Å². The molecule has 0 radical (unpaired) electrons. The predicted molar refractivity (Wildman–Crippen MR) is 302 cm³/mol. The first-order valence-corrected chi connectivity index (χ1v) is 28.3. The van der Waals surface area contributed by atoms with E-state index in [1.54, 1.807) is 0 Å². The summed E-state index contributed by atoms with van der Waals surface area (Å²) in [7, 11) is -2.12. The minimum Gasteiger partial charge on any atom is -0.509 e. The van der Waals surface area contributed by atoms with E-state index in [4.69, 9.17) is 9.72 Å². The van der Waals surface area contributed by atoms with Crippen LogP contribution in [0.15, 0.2) is 212 Å². The number of nitrogens with zero attached hydrogens (tertiary/aromatic N) is 4.